The lowest BCUT2D eigenvalue weighted by Crippen LogP contribution is -2.04. The first-order valence-corrected chi connectivity index (χ1v) is 8.11. The van der Waals surface area contributed by atoms with Crippen LogP contribution in [0.15, 0.2) is 34.1 Å². The molecule has 1 N–H and O–H groups in total. The molecule has 0 amide bonds. The summed E-state index contributed by atoms with van der Waals surface area (Å²) in [6.45, 7) is 0.437. The molecule has 0 fully saturated rings. The molecule has 0 saturated heterocycles. The van der Waals surface area contributed by atoms with Crippen LogP contribution in [-0.2, 0) is 11.3 Å². The molecule has 2 aromatic heterocycles. The number of ether oxygens (including phenoxy) is 1. The minimum atomic E-state index is 0.437. The van der Waals surface area contributed by atoms with Gasteiger partial charge in [-0.1, -0.05) is 18.2 Å². The van der Waals surface area contributed by atoms with Crippen LogP contribution in [0.25, 0.3) is 21.5 Å². The number of nitrogens with zero attached hydrogens (tertiary/aromatic N) is 2. The lowest BCUT2D eigenvalue weighted by Gasteiger charge is -2.10. The van der Waals surface area contributed by atoms with Gasteiger partial charge in [-0.25, -0.2) is 9.97 Å². The maximum absolute atomic E-state index is 5.22. The first-order chi connectivity index (χ1) is 10.2. The SMILES string of the molecule is CNc1nc(-c2csc3ccccc23)nc(COC)c1Br. The van der Waals surface area contributed by atoms with Crippen molar-refractivity contribution in [1.82, 2.24) is 9.97 Å². The van der Waals surface area contributed by atoms with Crippen molar-refractivity contribution < 1.29 is 4.74 Å². The molecule has 1 aromatic carbocycles. The van der Waals surface area contributed by atoms with Gasteiger partial charge in [0.15, 0.2) is 5.82 Å². The predicted octanol–water partition coefficient (Wildman–Crippen LogP) is 4.31. The van der Waals surface area contributed by atoms with Gasteiger partial charge in [0.2, 0.25) is 0 Å². The lowest BCUT2D eigenvalue weighted by atomic mass is 10.1. The summed E-state index contributed by atoms with van der Waals surface area (Å²) in [5.74, 6) is 1.48. The van der Waals surface area contributed by atoms with Gasteiger partial charge in [0, 0.05) is 35.2 Å². The van der Waals surface area contributed by atoms with Crippen molar-refractivity contribution in [2.45, 2.75) is 6.61 Å². The molecule has 0 atom stereocenters. The summed E-state index contributed by atoms with van der Waals surface area (Å²) in [6, 6.07) is 8.28. The molecule has 0 saturated carbocycles. The van der Waals surface area contributed by atoms with E-state index < -0.39 is 0 Å². The van der Waals surface area contributed by atoms with Gasteiger partial charge in [0.25, 0.3) is 0 Å². The van der Waals surface area contributed by atoms with Gasteiger partial charge < -0.3 is 10.1 Å². The summed E-state index contributed by atoms with van der Waals surface area (Å²) in [4.78, 5) is 9.26. The summed E-state index contributed by atoms with van der Waals surface area (Å²) in [6.07, 6.45) is 0. The molecule has 6 heteroatoms. The summed E-state index contributed by atoms with van der Waals surface area (Å²) >= 11 is 5.23. The van der Waals surface area contributed by atoms with Crippen LogP contribution in [0.2, 0.25) is 0 Å². The Morgan fingerprint density at radius 3 is 2.86 bits per heavy atom. The van der Waals surface area contributed by atoms with Gasteiger partial charge in [-0.15, -0.1) is 11.3 Å². The number of fused-ring (bicyclic) bond motifs is 1. The van der Waals surface area contributed by atoms with Gasteiger partial charge in [0.1, 0.15) is 5.82 Å². The number of halogens is 1. The number of aromatic nitrogens is 2. The topological polar surface area (TPSA) is 47.0 Å². The fourth-order valence-electron chi connectivity index (χ4n) is 2.16. The molecule has 0 aliphatic rings. The van der Waals surface area contributed by atoms with E-state index in [9.17, 15) is 0 Å². The molecule has 3 aromatic rings. The van der Waals surface area contributed by atoms with E-state index in [1.807, 2.05) is 19.2 Å². The quantitative estimate of drug-likeness (QED) is 0.750. The van der Waals surface area contributed by atoms with E-state index in [2.05, 4.69) is 48.7 Å². The highest BCUT2D eigenvalue weighted by Gasteiger charge is 2.15. The van der Waals surface area contributed by atoms with E-state index in [-0.39, 0.29) is 0 Å². The van der Waals surface area contributed by atoms with E-state index in [0.717, 1.165) is 21.5 Å². The van der Waals surface area contributed by atoms with E-state index in [1.54, 1.807) is 18.4 Å². The van der Waals surface area contributed by atoms with Gasteiger partial charge in [-0.05, 0) is 22.0 Å². The molecule has 0 unspecified atom stereocenters. The zero-order valence-corrected chi connectivity index (χ0v) is 14.1. The molecule has 0 spiro atoms. The molecule has 3 rings (SSSR count). The number of hydrogen-bond acceptors (Lipinski definition) is 5. The molecule has 0 aliphatic heterocycles. The highest BCUT2D eigenvalue weighted by atomic mass is 79.9. The second-order valence-corrected chi connectivity index (χ2v) is 6.19. The zero-order chi connectivity index (χ0) is 14.8. The van der Waals surface area contributed by atoms with Crippen LogP contribution in [0.4, 0.5) is 5.82 Å². The Labute approximate surface area is 135 Å². The van der Waals surface area contributed by atoms with E-state index in [1.165, 1.54) is 10.1 Å². The van der Waals surface area contributed by atoms with Crippen LogP contribution >= 0.6 is 27.3 Å². The Morgan fingerprint density at radius 2 is 2.10 bits per heavy atom. The molecule has 0 bridgehead atoms. The summed E-state index contributed by atoms with van der Waals surface area (Å²) < 4.78 is 7.30. The van der Waals surface area contributed by atoms with Crippen LogP contribution < -0.4 is 5.32 Å². The normalized spacial score (nSPS) is 11.0. The third-order valence-corrected chi connectivity index (χ3v) is 4.96. The van der Waals surface area contributed by atoms with Crippen molar-refractivity contribution in [2.24, 2.45) is 0 Å². The molecule has 0 radical (unpaired) electrons. The molecular weight excluding hydrogens is 350 g/mol. The maximum Gasteiger partial charge on any atom is 0.163 e. The average molecular weight is 364 g/mol. The van der Waals surface area contributed by atoms with Crippen LogP contribution in [0, 0.1) is 0 Å². The van der Waals surface area contributed by atoms with Gasteiger partial charge >= 0.3 is 0 Å². The molecule has 2 heterocycles. The predicted molar refractivity (Wildman–Crippen MR) is 90.8 cm³/mol. The Morgan fingerprint density at radius 1 is 1.29 bits per heavy atom. The highest BCUT2D eigenvalue weighted by molar-refractivity contribution is 9.10. The van der Waals surface area contributed by atoms with E-state index in [4.69, 9.17) is 4.74 Å². The number of anilines is 1. The molecule has 108 valence electrons. The van der Waals surface area contributed by atoms with E-state index in [0.29, 0.717) is 12.4 Å². The Bertz CT molecular complexity index is 788. The van der Waals surface area contributed by atoms with Crippen molar-refractivity contribution >= 4 is 43.2 Å². The largest absolute Gasteiger partial charge is 0.378 e. The lowest BCUT2D eigenvalue weighted by molar-refractivity contribution is 0.181. The van der Waals surface area contributed by atoms with Gasteiger partial charge in [0.05, 0.1) is 16.8 Å². The van der Waals surface area contributed by atoms with Crippen molar-refractivity contribution in [3.63, 3.8) is 0 Å². The summed E-state index contributed by atoms with van der Waals surface area (Å²) in [5, 5.41) is 6.37. The smallest absolute Gasteiger partial charge is 0.163 e. The Balaban J connectivity index is 2.19. The fourth-order valence-corrected chi connectivity index (χ4v) is 3.59. The van der Waals surface area contributed by atoms with Crippen LogP contribution in [0.5, 0.6) is 0 Å². The van der Waals surface area contributed by atoms with Crippen molar-refractivity contribution in [1.29, 1.82) is 0 Å². The van der Waals surface area contributed by atoms with E-state index >= 15 is 0 Å². The highest BCUT2D eigenvalue weighted by Crippen LogP contribution is 2.34. The Hall–Kier alpha value is -1.50. The summed E-state index contributed by atoms with van der Waals surface area (Å²) in [5.41, 5.74) is 1.89. The van der Waals surface area contributed by atoms with Crippen LogP contribution in [-0.4, -0.2) is 24.1 Å². The third-order valence-electron chi connectivity index (χ3n) is 3.16. The first kappa shape index (κ1) is 14.4. The molecule has 21 heavy (non-hydrogen) atoms. The van der Waals surface area contributed by atoms with Gasteiger partial charge in [-0.3, -0.25) is 0 Å². The number of thiophene rings is 1. The zero-order valence-electron chi connectivity index (χ0n) is 11.7. The number of nitrogens with one attached hydrogen (secondary N) is 1. The molecule has 0 aliphatic carbocycles. The second kappa shape index (κ2) is 6.09. The molecule has 4 nitrogen and oxygen atoms in total. The third kappa shape index (κ3) is 2.66. The van der Waals surface area contributed by atoms with Crippen LogP contribution in [0.1, 0.15) is 5.69 Å². The minimum absolute atomic E-state index is 0.437. The van der Waals surface area contributed by atoms with Crippen molar-refractivity contribution in [3.05, 3.63) is 39.8 Å². The number of methoxy groups -OCH3 is 1. The average Bonchev–Trinajstić information content (AvgIpc) is 2.93. The first-order valence-electron chi connectivity index (χ1n) is 6.44. The number of rotatable bonds is 4. The Kier molecular flexibility index (Phi) is 4.19. The number of benzene rings is 1. The van der Waals surface area contributed by atoms with Crippen molar-refractivity contribution in [2.75, 3.05) is 19.5 Å². The minimum Gasteiger partial charge on any atom is -0.378 e. The number of hydrogen-bond donors (Lipinski definition) is 1. The fraction of sp³-hybridized carbons (Fsp3) is 0.200. The van der Waals surface area contributed by atoms with Gasteiger partial charge in [-0.2, -0.15) is 0 Å². The second-order valence-electron chi connectivity index (χ2n) is 4.49. The molecular formula is C15H14BrN3OS. The standard InChI is InChI=1S/C15H14BrN3OS/c1-17-15-13(16)11(7-20-2)18-14(19-15)10-8-21-12-6-4-3-5-9(10)12/h3-6,8H,7H2,1-2H3,(H,17,18,19). The summed E-state index contributed by atoms with van der Waals surface area (Å²) in [7, 11) is 3.51. The maximum atomic E-state index is 5.22. The van der Waals surface area contributed by atoms with Crippen LogP contribution in [0.3, 0.4) is 0 Å². The van der Waals surface area contributed by atoms with Crippen molar-refractivity contribution in [3.8, 4) is 11.4 Å². The monoisotopic (exact) mass is 363 g/mol.